The van der Waals surface area contributed by atoms with Crippen LogP contribution in [-0.4, -0.2) is 31.1 Å². The molecule has 1 rings (SSSR count). The quantitative estimate of drug-likeness (QED) is 0.545. The Hall–Kier alpha value is 0.270. The van der Waals surface area contributed by atoms with Gasteiger partial charge in [0.15, 0.2) is 0 Å². The van der Waals surface area contributed by atoms with Crippen LogP contribution in [0.3, 0.4) is 0 Å². The van der Waals surface area contributed by atoms with Gasteiger partial charge in [0.05, 0.1) is 13.2 Å². The SMILES string of the molecule is C1COCCN1.CC(C)(C)S. The average molecular weight is 177 g/mol. The first-order valence-corrected chi connectivity index (χ1v) is 4.46. The van der Waals surface area contributed by atoms with Crippen LogP contribution in [0.1, 0.15) is 20.8 Å². The summed E-state index contributed by atoms with van der Waals surface area (Å²) in [4.78, 5) is 0. The van der Waals surface area contributed by atoms with E-state index in [9.17, 15) is 0 Å². The van der Waals surface area contributed by atoms with Gasteiger partial charge in [-0.05, 0) is 0 Å². The van der Waals surface area contributed by atoms with Crippen molar-refractivity contribution in [3.63, 3.8) is 0 Å². The van der Waals surface area contributed by atoms with Crippen molar-refractivity contribution in [2.45, 2.75) is 25.5 Å². The Morgan fingerprint density at radius 3 is 1.64 bits per heavy atom. The van der Waals surface area contributed by atoms with Gasteiger partial charge >= 0.3 is 0 Å². The predicted molar refractivity (Wildman–Crippen MR) is 52.4 cm³/mol. The molecule has 0 atom stereocenters. The number of ether oxygens (including phenoxy) is 1. The minimum atomic E-state index is 0.194. The van der Waals surface area contributed by atoms with Crippen molar-refractivity contribution in [1.29, 1.82) is 0 Å². The third kappa shape index (κ3) is 17.9. The maximum absolute atomic E-state index is 5.01. The van der Waals surface area contributed by atoms with E-state index in [1.807, 2.05) is 0 Å². The molecule has 0 saturated carbocycles. The summed E-state index contributed by atoms with van der Waals surface area (Å²) in [6.45, 7) is 9.99. The Labute approximate surface area is 75.1 Å². The minimum absolute atomic E-state index is 0.194. The van der Waals surface area contributed by atoms with Gasteiger partial charge in [-0.2, -0.15) is 12.6 Å². The topological polar surface area (TPSA) is 21.3 Å². The maximum atomic E-state index is 5.01. The first-order chi connectivity index (χ1) is 5.00. The summed E-state index contributed by atoms with van der Waals surface area (Å²) >= 11 is 4.12. The van der Waals surface area contributed by atoms with Gasteiger partial charge in [-0.3, -0.25) is 0 Å². The van der Waals surface area contributed by atoms with Gasteiger partial charge in [-0.1, -0.05) is 20.8 Å². The van der Waals surface area contributed by atoms with E-state index in [4.69, 9.17) is 4.74 Å². The predicted octanol–water partition coefficient (Wildman–Crippen LogP) is 1.32. The Morgan fingerprint density at radius 1 is 1.18 bits per heavy atom. The number of hydrogen-bond acceptors (Lipinski definition) is 3. The van der Waals surface area contributed by atoms with Crippen molar-refractivity contribution in [1.82, 2.24) is 5.32 Å². The molecule has 1 saturated heterocycles. The number of nitrogens with one attached hydrogen (secondary N) is 1. The van der Waals surface area contributed by atoms with Crippen LogP contribution in [0.4, 0.5) is 0 Å². The first kappa shape index (κ1) is 11.3. The van der Waals surface area contributed by atoms with Crippen LogP contribution in [0, 0.1) is 0 Å². The molecule has 0 amide bonds. The minimum Gasteiger partial charge on any atom is -0.379 e. The van der Waals surface area contributed by atoms with Gasteiger partial charge in [-0.15, -0.1) is 0 Å². The molecular formula is C8H19NOS. The largest absolute Gasteiger partial charge is 0.379 e. The van der Waals surface area contributed by atoms with Gasteiger partial charge in [0.2, 0.25) is 0 Å². The molecule has 2 nitrogen and oxygen atoms in total. The zero-order valence-electron chi connectivity index (χ0n) is 7.68. The number of morpholine rings is 1. The smallest absolute Gasteiger partial charge is 0.0591 e. The van der Waals surface area contributed by atoms with E-state index in [-0.39, 0.29) is 4.75 Å². The summed E-state index contributed by atoms with van der Waals surface area (Å²) in [6.07, 6.45) is 0. The molecule has 1 aliphatic rings. The lowest BCUT2D eigenvalue weighted by Crippen LogP contribution is -2.30. The Kier molecular flexibility index (Phi) is 6.01. The van der Waals surface area contributed by atoms with Crippen LogP contribution >= 0.6 is 12.6 Å². The van der Waals surface area contributed by atoms with E-state index in [1.54, 1.807) is 0 Å². The molecule has 1 N–H and O–H groups in total. The highest BCUT2D eigenvalue weighted by atomic mass is 32.1. The maximum Gasteiger partial charge on any atom is 0.0591 e. The molecule has 68 valence electrons. The van der Waals surface area contributed by atoms with Crippen LogP contribution in [0.25, 0.3) is 0 Å². The normalized spacial score (nSPS) is 18.5. The van der Waals surface area contributed by atoms with Gasteiger partial charge < -0.3 is 10.1 Å². The van der Waals surface area contributed by atoms with E-state index in [2.05, 4.69) is 38.7 Å². The van der Waals surface area contributed by atoms with Gasteiger partial charge in [-0.25, -0.2) is 0 Å². The van der Waals surface area contributed by atoms with Crippen LogP contribution in [-0.2, 0) is 4.74 Å². The highest BCUT2D eigenvalue weighted by Gasteiger charge is 1.96. The third-order valence-corrected chi connectivity index (χ3v) is 0.846. The zero-order valence-corrected chi connectivity index (χ0v) is 8.58. The van der Waals surface area contributed by atoms with Crippen molar-refractivity contribution >= 4 is 12.6 Å². The van der Waals surface area contributed by atoms with Gasteiger partial charge in [0.1, 0.15) is 0 Å². The molecule has 1 heterocycles. The van der Waals surface area contributed by atoms with E-state index in [1.165, 1.54) is 0 Å². The van der Waals surface area contributed by atoms with Gasteiger partial charge in [0, 0.05) is 17.8 Å². The lowest BCUT2D eigenvalue weighted by Gasteiger charge is -2.10. The molecule has 1 fully saturated rings. The molecule has 0 aromatic rings. The summed E-state index contributed by atoms with van der Waals surface area (Å²) < 4.78 is 5.20. The average Bonchev–Trinajstić information content (AvgIpc) is 1.88. The Morgan fingerprint density at radius 2 is 1.55 bits per heavy atom. The molecule has 3 heteroatoms. The molecule has 0 radical (unpaired) electrons. The molecule has 0 aromatic heterocycles. The summed E-state index contributed by atoms with van der Waals surface area (Å²) in [6, 6.07) is 0. The van der Waals surface area contributed by atoms with Crippen molar-refractivity contribution in [2.75, 3.05) is 26.3 Å². The first-order valence-electron chi connectivity index (χ1n) is 4.01. The standard InChI is InChI=1S/C4H9NO.C4H10S/c1-3-6-4-2-5-1;1-4(2,3)5/h5H,1-4H2;5H,1-3H3. The van der Waals surface area contributed by atoms with Crippen LogP contribution in [0.15, 0.2) is 0 Å². The van der Waals surface area contributed by atoms with E-state index in [0.717, 1.165) is 26.3 Å². The van der Waals surface area contributed by atoms with E-state index in [0.29, 0.717) is 0 Å². The molecule has 0 spiro atoms. The highest BCUT2D eigenvalue weighted by Crippen LogP contribution is 2.07. The summed E-state index contributed by atoms with van der Waals surface area (Å²) in [7, 11) is 0. The second kappa shape index (κ2) is 5.86. The summed E-state index contributed by atoms with van der Waals surface area (Å²) in [5.74, 6) is 0. The second-order valence-corrected chi connectivity index (χ2v) is 4.87. The third-order valence-electron chi connectivity index (χ3n) is 0.846. The number of thiol groups is 1. The van der Waals surface area contributed by atoms with Crippen LogP contribution < -0.4 is 5.32 Å². The molecule has 0 unspecified atom stereocenters. The number of rotatable bonds is 0. The Bertz CT molecular complexity index is 69.1. The second-order valence-electron chi connectivity index (χ2n) is 3.53. The van der Waals surface area contributed by atoms with E-state index >= 15 is 0 Å². The van der Waals surface area contributed by atoms with Gasteiger partial charge in [0.25, 0.3) is 0 Å². The van der Waals surface area contributed by atoms with Crippen molar-refractivity contribution in [2.24, 2.45) is 0 Å². The van der Waals surface area contributed by atoms with Crippen molar-refractivity contribution < 1.29 is 4.74 Å². The lowest BCUT2D eigenvalue weighted by atomic mass is 10.3. The molecular weight excluding hydrogens is 158 g/mol. The van der Waals surface area contributed by atoms with Crippen molar-refractivity contribution in [3.05, 3.63) is 0 Å². The summed E-state index contributed by atoms with van der Waals surface area (Å²) in [5, 5.41) is 3.16. The highest BCUT2D eigenvalue weighted by molar-refractivity contribution is 7.81. The van der Waals surface area contributed by atoms with Crippen LogP contribution in [0.5, 0.6) is 0 Å². The van der Waals surface area contributed by atoms with E-state index < -0.39 is 0 Å². The fourth-order valence-corrected chi connectivity index (χ4v) is 0.516. The molecule has 0 aromatic carbocycles. The van der Waals surface area contributed by atoms with Crippen molar-refractivity contribution in [3.8, 4) is 0 Å². The lowest BCUT2D eigenvalue weighted by molar-refractivity contribution is 0.109. The number of hydrogen-bond donors (Lipinski definition) is 2. The fourth-order valence-electron chi connectivity index (χ4n) is 0.516. The molecule has 0 bridgehead atoms. The molecule has 1 aliphatic heterocycles. The molecule has 11 heavy (non-hydrogen) atoms. The monoisotopic (exact) mass is 177 g/mol. The van der Waals surface area contributed by atoms with Crippen LogP contribution in [0.2, 0.25) is 0 Å². The Balaban J connectivity index is 0.000000187. The zero-order chi connectivity index (χ0) is 8.74. The summed E-state index contributed by atoms with van der Waals surface area (Å²) in [5.41, 5.74) is 0. The molecule has 0 aliphatic carbocycles. The fraction of sp³-hybridized carbons (Fsp3) is 1.00.